The molecule has 0 spiro atoms. The van der Waals surface area contributed by atoms with E-state index in [1.54, 1.807) is 0 Å². The number of hydrogen-bond acceptors (Lipinski definition) is 2. The molecular formula is C24H40O2. The quantitative estimate of drug-likeness (QED) is 0.154. The van der Waals surface area contributed by atoms with Crippen molar-refractivity contribution in [1.82, 2.24) is 0 Å². The van der Waals surface area contributed by atoms with Gasteiger partial charge in [0.05, 0.1) is 7.11 Å². The molecule has 1 aliphatic rings. The largest absolute Gasteiger partial charge is 0.469 e. The predicted octanol–water partition coefficient (Wildman–Crippen LogP) is 7.31. The Morgan fingerprint density at radius 1 is 0.731 bits per heavy atom. The van der Waals surface area contributed by atoms with E-state index in [0.29, 0.717) is 6.42 Å². The minimum atomic E-state index is -0.109. The second-order valence-electron chi connectivity index (χ2n) is 7.47. The number of methoxy groups -OCH3 is 1. The molecule has 1 fully saturated rings. The van der Waals surface area contributed by atoms with Crippen molar-refractivity contribution in [3.8, 4) is 0 Å². The first-order valence-corrected chi connectivity index (χ1v) is 10.8. The lowest BCUT2D eigenvalue weighted by Gasteiger charge is -1.97. The van der Waals surface area contributed by atoms with Crippen molar-refractivity contribution >= 4 is 5.97 Å². The Labute approximate surface area is 161 Å². The van der Waals surface area contributed by atoms with Gasteiger partial charge in [-0.3, -0.25) is 4.79 Å². The minimum Gasteiger partial charge on any atom is -0.469 e. The van der Waals surface area contributed by atoms with Gasteiger partial charge in [-0.2, -0.15) is 0 Å². The zero-order valence-corrected chi connectivity index (χ0v) is 17.0. The first-order valence-electron chi connectivity index (χ1n) is 10.8. The number of allylic oxidation sites excluding steroid dienone is 6. The molecule has 0 aromatic rings. The van der Waals surface area contributed by atoms with Crippen LogP contribution in [0, 0.1) is 5.92 Å². The van der Waals surface area contributed by atoms with Gasteiger partial charge in [-0.25, -0.2) is 0 Å². The highest BCUT2D eigenvalue weighted by Crippen LogP contribution is 2.34. The van der Waals surface area contributed by atoms with Gasteiger partial charge in [0.1, 0.15) is 0 Å². The van der Waals surface area contributed by atoms with E-state index in [1.807, 2.05) is 0 Å². The van der Waals surface area contributed by atoms with Crippen LogP contribution in [0.3, 0.4) is 0 Å². The molecule has 0 unspecified atom stereocenters. The van der Waals surface area contributed by atoms with Crippen LogP contribution in [-0.2, 0) is 9.53 Å². The van der Waals surface area contributed by atoms with Crippen LogP contribution in [0.1, 0.15) is 96.3 Å². The fraction of sp³-hybridized carbons (Fsp3) is 0.708. The van der Waals surface area contributed by atoms with Crippen LogP contribution in [0.15, 0.2) is 36.5 Å². The van der Waals surface area contributed by atoms with Crippen LogP contribution in [0.25, 0.3) is 0 Å². The molecule has 0 aliphatic heterocycles. The highest BCUT2D eigenvalue weighted by molar-refractivity contribution is 5.69. The monoisotopic (exact) mass is 360 g/mol. The summed E-state index contributed by atoms with van der Waals surface area (Å²) < 4.78 is 4.62. The highest BCUT2D eigenvalue weighted by atomic mass is 16.5. The van der Waals surface area contributed by atoms with Crippen molar-refractivity contribution in [2.24, 2.45) is 5.92 Å². The molecule has 26 heavy (non-hydrogen) atoms. The molecule has 2 heteroatoms. The molecule has 0 N–H and O–H groups in total. The second kappa shape index (κ2) is 17.1. The summed E-state index contributed by atoms with van der Waals surface area (Å²) in [6, 6.07) is 0. The molecular weight excluding hydrogens is 320 g/mol. The summed E-state index contributed by atoms with van der Waals surface area (Å²) in [5.74, 6) is 0.994. The van der Waals surface area contributed by atoms with E-state index >= 15 is 0 Å². The van der Waals surface area contributed by atoms with Crippen molar-refractivity contribution < 1.29 is 9.53 Å². The van der Waals surface area contributed by atoms with E-state index in [-0.39, 0.29) is 5.97 Å². The molecule has 0 radical (unpaired) electrons. The summed E-state index contributed by atoms with van der Waals surface area (Å²) in [4.78, 5) is 10.9. The zero-order chi connectivity index (χ0) is 18.7. The van der Waals surface area contributed by atoms with Crippen LogP contribution in [0.4, 0.5) is 0 Å². The zero-order valence-electron chi connectivity index (χ0n) is 17.0. The minimum absolute atomic E-state index is 0.109. The third-order valence-corrected chi connectivity index (χ3v) is 4.90. The van der Waals surface area contributed by atoms with Gasteiger partial charge >= 0.3 is 5.97 Å². The molecule has 0 amide bonds. The van der Waals surface area contributed by atoms with Gasteiger partial charge in [-0.05, 0) is 63.7 Å². The maximum Gasteiger partial charge on any atom is 0.305 e. The van der Waals surface area contributed by atoms with Crippen LogP contribution < -0.4 is 0 Å². The molecule has 1 aliphatic carbocycles. The van der Waals surface area contributed by atoms with Crippen LogP contribution in [0.5, 0.6) is 0 Å². The van der Waals surface area contributed by atoms with Crippen molar-refractivity contribution in [3.63, 3.8) is 0 Å². The summed E-state index contributed by atoms with van der Waals surface area (Å²) in [7, 11) is 1.44. The normalized spacial score (nSPS) is 14.8. The van der Waals surface area contributed by atoms with E-state index in [2.05, 4.69) is 41.2 Å². The fourth-order valence-corrected chi connectivity index (χ4v) is 3.00. The van der Waals surface area contributed by atoms with E-state index in [9.17, 15) is 4.79 Å². The number of carbonyl (C=O) groups excluding carboxylic acids is 1. The van der Waals surface area contributed by atoms with Gasteiger partial charge in [-0.15, -0.1) is 0 Å². The Balaban J connectivity index is 1.76. The average Bonchev–Trinajstić information content (AvgIpc) is 3.47. The van der Waals surface area contributed by atoms with E-state index < -0.39 is 0 Å². The van der Waals surface area contributed by atoms with E-state index in [4.69, 9.17) is 0 Å². The Bertz CT molecular complexity index is 416. The standard InChI is InChI=1S/C24H40O2/c1-26-24(25)20-18-16-14-12-10-8-6-4-2-3-5-7-9-11-13-15-17-19-23-21-22-23/h2,4,7,9,12,14,23H,3,5-6,8,10-11,13,15-22H2,1H3/b4-2+,9-7-,14-12-. The lowest BCUT2D eigenvalue weighted by molar-refractivity contribution is -0.140. The summed E-state index contributed by atoms with van der Waals surface area (Å²) in [6.07, 6.45) is 32.0. The third-order valence-electron chi connectivity index (χ3n) is 4.90. The first kappa shape index (κ1) is 22.7. The summed E-state index contributed by atoms with van der Waals surface area (Å²) in [5.41, 5.74) is 0. The van der Waals surface area contributed by atoms with Gasteiger partial charge < -0.3 is 4.74 Å². The SMILES string of the molecule is COC(=O)CCC/C=C\CCC/C=C/CC/C=C\CCCCCC1CC1. The smallest absolute Gasteiger partial charge is 0.305 e. The Hall–Kier alpha value is -1.31. The number of carbonyl (C=O) groups is 1. The van der Waals surface area contributed by atoms with Crippen molar-refractivity contribution in [2.45, 2.75) is 96.3 Å². The van der Waals surface area contributed by atoms with Crippen LogP contribution in [0.2, 0.25) is 0 Å². The van der Waals surface area contributed by atoms with Gasteiger partial charge in [-0.1, -0.05) is 68.6 Å². The third kappa shape index (κ3) is 16.2. The van der Waals surface area contributed by atoms with Crippen LogP contribution >= 0.6 is 0 Å². The van der Waals surface area contributed by atoms with Crippen molar-refractivity contribution in [3.05, 3.63) is 36.5 Å². The molecule has 1 rings (SSSR count). The second-order valence-corrected chi connectivity index (χ2v) is 7.47. The summed E-state index contributed by atoms with van der Waals surface area (Å²) in [5, 5.41) is 0. The lowest BCUT2D eigenvalue weighted by atomic mass is 10.1. The van der Waals surface area contributed by atoms with Crippen molar-refractivity contribution in [1.29, 1.82) is 0 Å². The fourth-order valence-electron chi connectivity index (χ4n) is 3.00. The first-order chi connectivity index (χ1) is 12.8. The van der Waals surface area contributed by atoms with Gasteiger partial charge in [0.15, 0.2) is 0 Å². The molecule has 0 aromatic carbocycles. The summed E-state index contributed by atoms with van der Waals surface area (Å²) >= 11 is 0. The Morgan fingerprint density at radius 2 is 1.27 bits per heavy atom. The van der Waals surface area contributed by atoms with E-state index in [0.717, 1.165) is 31.6 Å². The molecule has 0 bridgehead atoms. The molecule has 0 atom stereocenters. The lowest BCUT2D eigenvalue weighted by Crippen LogP contribution is -1.98. The van der Waals surface area contributed by atoms with Gasteiger partial charge in [0.25, 0.3) is 0 Å². The van der Waals surface area contributed by atoms with Gasteiger partial charge in [0, 0.05) is 6.42 Å². The molecule has 148 valence electrons. The summed E-state index contributed by atoms with van der Waals surface area (Å²) in [6.45, 7) is 0. The van der Waals surface area contributed by atoms with Crippen molar-refractivity contribution in [2.75, 3.05) is 7.11 Å². The highest BCUT2D eigenvalue weighted by Gasteiger charge is 2.19. The molecule has 0 saturated heterocycles. The topological polar surface area (TPSA) is 26.3 Å². The maximum absolute atomic E-state index is 10.9. The van der Waals surface area contributed by atoms with Crippen LogP contribution in [-0.4, -0.2) is 13.1 Å². The number of rotatable bonds is 17. The Kier molecular flexibility index (Phi) is 15.0. The number of hydrogen-bond donors (Lipinski definition) is 0. The number of unbranched alkanes of at least 4 members (excludes halogenated alkanes) is 7. The number of esters is 1. The Morgan fingerprint density at radius 3 is 1.85 bits per heavy atom. The van der Waals surface area contributed by atoms with Gasteiger partial charge in [0.2, 0.25) is 0 Å². The maximum atomic E-state index is 10.9. The average molecular weight is 361 g/mol. The number of ether oxygens (including phenoxy) is 1. The van der Waals surface area contributed by atoms with E-state index in [1.165, 1.54) is 71.3 Å². The molecule has 0 aromatic heterocycles. The molecule has 1 saturated carbocycles. The molecule has 2 nitrogen and oxygen atoms in total. The predicted molar refractivity (Wildman–Crippen MR) is 112 cm³/mol. The molecule has 0 heterocycles.